The monoisotopic (exact) mass is 396 g/mol. The molecule has 0 atom stereocenters. The molecule has 0 heterocycles. The summed E-state index contributed by atoms with van der Waals surface area (Å²) in [6.45, 7) is 0.641. The number of halogens is 3. The fraction of sp³-hybridized carbons (Fsp3) is 0.316. The Morgan fingerprint density at radius 3 is 2.44 bits per heavy atom. The lowest BCUT2D eigenvalue weighted by Gasteiger charge is -2.32. The molecule has 1 aliphatic carbocycles. The summed E-state index contributed by atoms with van der Waals surface area (Å²) in [5.74, 6) is -0.232. The molecular formula is C19H19Cl2FN2S. The minimum absolute atomic E-state index is 0.232. The van der Waals surface area contributed by atoms with Crippen LogP contribution >= 0.6 is 35.4 Å². The molecule has 0 aromatic heterocycles. The van der Waals surface area contributed by atoms with Crippen molar-refractivity contribution in [2.75, 3.05) is 5.32 Å². The fourth-order valence-corrected chi connectivity index (χ4v) is 3.93. The SMILES string of the molecule is Fc1ccc(CN(C(=S)Nc2ccc(Cl)cc2Cl)C2CCCC2)cc1. The second-order valence-corrected chi connectivity index (χ2v) is 7.48. The third kappa shape index (κ3) is 4.84. The Morgan fingerprint density at radius 2 is 1.80 bits per heavy atom. The molecule has 2 aromatic rings. The molecule has 6 heteroatoms. The number of rotatable bonds is 4. The zero-order chi connectivity index (χ0) is 17.8. The molecule has 2 aromatic carbocycles. The first-order valence-electron chi connectivity index (χ1n) is 8.30. The molecule has 1 fully saturated rings. The fourth-order valence-electron chi connectivity index (χ4n) is 3.15. The van der Waals surface area contributed by atoms with Gasteiger partial charge in [-0.1, -0.05) is 48.2 Å². The Hall–Kier alpha value is -1.36. The van der Waals surface area contributed by atoms with Gasteiger partial charge in [-0.05, 0) is 61.0 Å². The highest BCUT2D eigenvalue weighted by atomic mass is 35.5. The molecule has 0 amide bonds. The Labute approximate surface area is 162 Å². The van der Waals surface area contributed by atoms with Crippen LogP contribution < -0.4 is 5.32 Å². The van der Waals surface area contributed by atoms with Gasteiger partial charge in [-0.15, -0.1) is 0 Å². The van der Waals surface area contributed by atoms with Crippen LogP contribution in [0, 0.1) is 5.82 Å². The minimum atomic E-state index is -0.232. The first-order valence-corrected chi connectivity index (χ1v) is 9.46. The van der Waals surface area contributed by atoms with Crippen molar-refractivity contribution in [3.8, 4) is 0 Å². The quantitative estimate of drug-likeness (QED) is 0.612. The summed E-state index contributed by atoms with van der Waals surface area (Å²) in [6.07, 6.45) is 4.62. The Bertz CT molecular complexity index is 746. The summed E-state index contributed by atoms with van der Waals surface area (Å²) in [5, 5.41) is 4.98. The summed E-state index contributed by atoms with van der Waals surface area (Å²) < 4.78 is 13.2. The number of nitrogens with one attached hydrogen (secondary N) is 1. The highest BCUT2D eigenvalue weighted by Gasteiger charge is 2.25. The zero-order valence-electron chi connectivity index (χ0n) is 13.6. The zero-order valence-corrected chi connectivity index (χ0v) is 16.0. The maximum absolute atomic E-state index is 13.2. The van der Waals surface area contributed by atoms with E-state index in [1.807, 2.05) is 6.07 Å². The van der Waals surface area contributed by atoms with E-state index >= 15 is 0 Å². The van der Waals surface area contributed by atoms with E-state index in [0.29, 0.717) is 27.7 Å². The van der Waals surface area contributed by atoms with Gasteiger partial charge in [0.15, 0.2) is 5.11 Å². The van der Waals surface area contributed by atoms with E-state index < -0.39 is 0 Å². The maximum atomic E-state index is 13.2. The van der Waals surface area contributed by atoms with Crippen molar-refractivity contribution in [2.24, 2.45) is 0 Å². The van der Waals surface area contributed by atoms with Crippen LogP contribution in [0.3, 0.4) is 0 Å². The number of hydrogen-bond acceptors (Lipinski definition) is 1. The van der Waals surface area contributed by atoms with Crippen molar-refractivity contribution in [2.45, 2.75) is 38.3 Å². The van der Waals surface area contributed by atoms with Gasteiger partial charge in [-0.2, -0.15) is 0 Å². The van der Waals surface area contributed by atoms with Gasteiger partial charge in [0.25, 0.3) is 0 Å². The minimum Gasteiger partial charge on any atom is -0.342 e. The van der Waals surface area contributed by atoms with Crippen LogP contribution in [0.2, 0.25) is 10.0 Å². The predicted octanol–water partition coefficient (Wildman–Crippen LogP) is 6.27. The molecule has 0 bridgehead atoms. The van der Waals surface area contributed by atoms with Crippen molar-refractivity contribution < 1.29 is 4.39 Å². The molecular weight excluding hydrogens is 378 g/mol. The van der Waals surface area contributed by atoms with Gasteiger partial charge >= 0.3 is 0 Å². The van der Waals surface area contributed by atoms with Crippen LogP contribution in [0.5, 0.6) is 0 Å². The summed E-state index contributed by atoms with van der Waals surface area (Å²) in [4.78, 5) is 2.18. The molecule has 2 nitrogen and oxygen atoms in total. The van der Waals surface area contributed by atoms with Gasteiger partial charge < -0.3 is 10.2 Å². The molecule has 3 rings (SSSR count). The van der Waals surface area contributed by atoms with Crippen molar-refractivity contribution in [3.05, 3.63) is 63.9 Å². The molecule has 1 N–H and O–H groups in total. The molecule has 0 saturated heterocycles. The van der Waals surface area contributed by atoms with E-state index in [4.69, 9.17) is 35.4 Å². The van der Waals surface area contributed by atoms with E-state index in [9.17, 15) is 4.39 Å². The highest BCUT2D eigenvalue weighted by molar-refractivity contribution is 7.80. The van der Waals surface area contributed by atoms with Crippen LogP contribution in [-0.4, -0.2) is 16.1 Å². The van der Waals surface area contributed by atoms with Gasteiger partial charge in [0.05, 0.1) is 10.7 Å². The predicted molar refractivity (Wildman–Crippen MR) is 107 cm³/mol. The molecule has 132 valence electrons. The van der Waals surface area contributed by atoms with Crippen molar-refractivity contribution in [3.63, 3.8) is 0 Å². The van der Waals surface area contributed by atoms with Gasteiger partial charge in [0.2, 0.25) is 0 Å². The van der Waals surface area contributed by atoms with Gasteiger partial charge in [-0.25, -0.2) is 4.39 Å². The Balaban J connectivity index is 1.78. The molecule has 25 heavy (non-hydrogen) atoms. The van der Waals surface area contributed by atoms with E-state index in [-0.39, 0.29) is 5.82 Å². The lowest BCUT2D eigenvalue weighted by Crippen LogP contribution is -2.41. The number of thiocarbonyl (C=S) groups is 1. The molecule has 0 radical (unpaired) electrons. The molecule has 0 aliphatic heterocycles. The van der Waals surface area contributed by atoms with Gasteiger partial charge in [0.1, 0.15) is 5.82 Å². The van der Waals surface area contributed by atoms with Gasteiger partial charge in [0, 0.05) is 17.6 Å². The van der Waals surface area contributed by atoms with Gasteiger partial charge in [-0.3, -0.25) is 0 Å². The van der Waals surface area contributed by atoms with Crippen LogP contribution in [0.25, 0.3) is 0 Å². The lowest BCUT2D eigenvalue weighted by atomic mass is 10.1. The highest BCUT2D eigenvalue weighted by Crippen LogP contribution is 2.29. The Kier molecular flexibility index (Phi) is 6.15. The van der Waals surface area contributed by atoms with E-state index in [0.717, 1.165) is 24.1 Å². The smallest absolute Gasteiger partial charge is 0.174 e. The first-order chi connectivity index (χ1) is 12.0. The number of hydrogen-bond donors (Lipinski definition) is 1. The van der Waals surface area contributed by atoms with E-state index in [2.05, 4.69) is 10.2 Å². The summed E-state index contributed by atoms with van der Waals surface area (Å²) in [6, 6.07) is 12.2. The topological polar surface area (TPSA) is 15.3 Å². The number of benzene rings is 2. The lowest BCUT2D eigenvalue weighted by molar-refractivity contribution is 0.312. The standard InChI is InChI=1S/C19H19Cl2FN2S/c20-14-7-10-18(17(21)11-14)23-19(25)24(16-3-1-2-4-16)12-13-5-8-15(22)9-6-13/h5-11,16H,1-4,12H2,(H,23,25). The largest absolute Gasteiger partial charge is 0.342 e. The Morgan fingerprint density at radius 1 is 1.12 bits per heavy atom. The summed E-state index contributed by atoms with van der Waals surface area (Å²) >= 11 is 17.9. The average molecular weight is 397 g/mol. The third-order valence-corrected chi connectivity index (χ3v) is 5.35. The average Bonchev–Trinajstić information content (AvgIpc) is 3.11. The van der Waals surface area contributed by atoms with E-state index in [1.54, 1.807) is 24.3 Å². The van der Waals surface area contributed by atoms with Crippen LogP contribution in [-0.2, 0) is 6.54 Å². The normalized spacial score (nSPS) is 14.5. The second-order valence-electron chi connectivity index (χ2n) is 6.25. The van der Waals surface area contributed by atoms with Crippen LogP contribution in [0.1, 0.15) is 31.2 Å². The van der Waals surface area contributed by atoms with Crippen molar-refractivity contribution in [1.82, 2.24) is 4.90 Å². The summed E-state index contributed by atoms with van der Waals surface area (Å²) in [5.41, 5.74) is 1.76. The number of nitrogens with zero attached hydrogens (tertiary/aromatic N) is 1. The first kappa shape index (κ1) is 18.4. The second kappa shape index (κ2) is 8.35. The molecule has 0 unspecified atom stereocenters. The third-order valence-electron chi connectivity index (χ3n) is 4.47. The van der Waals surface area contributed by atoms with Crippen molar-refractivity contribution in [1.29, 1.82) is 0 Å². The van der Waals surface area contributed by atoms with Crippen LogP contribution in [0.4, 0.5) is 10.1 Å². The summed E-state index contributed by atoms with van der Waals surface area (Å²) in [7, 11) is 0. The maximum Gasteiger partial charge on any atom is 0.174 e. The van der Waals surface area contributed by atoms with E-state index in [1.165, 1.54) is 25.0 Å². The molecule has 1 saturated carbocycles. The van der Waals surface area contributed by atoms with Crippen LogP contribution in [0.15, 0.2) is 42.5 Å². The molecule has 0 spiro atoms. The van der Waals surface area contributed by atoms with Crippen molar-refractivity contribution >= 4 is 46.2 Å². The number of anilines is 1. The molecule has 1 aliphatic rings.